The molecule has 1 unspecified atom stereocenters. The van der Waals surface area contributed by atoms with Gasteiger partial charge >= 0.3 is 5.97 Å². The maximum Gasteiger partial charge on any atom is 0.303 e. The number of halogens is 1. The molecule has 2 aliphatic heterocycles. The lowest BCUT2D eigenvalue weighted by molar-refractivity contribution is -0.137. The standard InChI is InChI=1S/C23H32FN3O5/c1-3-13(2)26-17-5-4-10-32-19(17)11-14-6-7-15-16(21(14)24)12-27(23(15)31)18(22(25)30)8-9-20(28)29/h6-7,13,17-19,26H,3-5,8-12H2,1-2H3,(H2,25,30)(H,28,29)/t13?,17-,18-,19+/m0/s1. The van der Waals surface area contributed by atoms with Crippen molar-refractivity contribution in [2.45, 2.75) is 83.1 Å². The summed E-state index contributed by atoms with van der Waals surface area (Å²) in [5.41, 5.74) is 6.28. The van der Waals surface area contributed by atoms with Crippen LogP contribution in [-0.2, 0) is 27.3 Å². The first-order valence-corrected chi connectivity index (χ1v) is 11.2. The van der Waals surface area contributed by atoms with Gasteiger partial charge in [0, 0.05) is 42.7 Å². The Hall–Kier alpha value is -2.52. The van der Waals surface area contributed by atoms with Crippen LogP contribution < -0.4 is 11.1 Å². The summed E-state index contributed by atoms with van der Waals surface area (Å²) in [6, 6.07) is 2.53. The van der Waals surface area contributed by atoms with Gasteiger partial charge in [-0.2, -0.15) is 0 Å². The van der Waals surface area contributed by atoms with Crippen molar-refractivity contribution in [1.82, 2.24) is 10.2 Å². The monoisotopic (exact) mass is 449 g/mol. The Morgan fingerprint density at radius 2 is 2.16 bits per heavy atom. The van der Waals surface area contributed by atoms with Gasteiger partial charge in [-0.05, 0) is 44.2 Å². The molecule has 2 amide bonds. The number of hydrogen-bond donors (Lipinski definition) is 3. The number of nitrogens with one attached hydrogen (secondary N) is 1. The number of nitrogens with zero attached hydrogens (tertiary/aromatic N) is 1. The van der Waals surface area contributed by atoms with Crippen molar-refractivity contribution in [2.24, 2.45) is 5.73 Å². The average Bonchev–Trinajstić information content (AvgIpc) is 3.08. The van der Waals surface area contributed by atoms with Crippen LogP contribution in [0.2, 0.25) is 0 Å². The summed E-state index contributed by atoms with van der Waals surface area (Å²) >= 11 is 0. The van der Waals surface area contributed by atoms with E-state index in [2.05, 4.69) is 19.2 Å². The molecule has 4 N–H and O–H groups in total. The Kier molecular flexibility index (Phi) is 7.84. The number of ether oxygens (including phenoxy) is 1. The summed E-state index contributed by atoms with van der Waals surface area (Å²) in [5, 5.41) is 12.5. The number of carboxylic acids is 1. The molecule has 2 heterocycles. The van der Waals surface area contributed by atoms with Crippen molar-refractivity contribution in [3.05, 3.63) is 34.6 Å². The zero-order valence-electron chi connectivity index (χ0n) is 18.6. The van der Waals surface area contributed by atoms with Gasteiger partial charge in [0.05, 0.1) is 12.6 Å². The third-order valence-corrected chi connectivity index (χ3v) is 6.45. The Balaban J connectivity index is 1.79. The van der Waals surface area contributed by atoms with Gasteiger partial charge in [0.2, 0.25) is 5.91 Å². The molecule has 0 saturated carbocycles. The fourth-order valence-electron chi connectivity index (χ4n) is 4.47. The molecular weight excluding hydrogens is 417 g/mol. The van der Waals surface area contributed by atoms with Gasteiger partial charge in [0.25, 0.3) is 5.91 Å². The number of benzene rings is 1. The van der Waals surface area contributed by atoms with Crippen LogP contribution in [0.3, 0.4) is 0 Å². The van der Waals surface area contributed by atoms with E-state index in [0.717, 1.165) is 19.3 Å². The molecule has 32 heavy (non-hydrogen) atoms. The highest BCUT2D eigenvalue weighted by Crippen LogP contribution is 2.31. The second-order valence-corrected chi connectivity index (χ2v) is 8.69. The number of primary amides is 1. The van der Waals surface area contributed by atoms with Crippen molar-refractivity contribution in [1.29, 1.82) is 0 Å². The number of nitrogens with two attached hydrogens (primary N) is 1. The van der Waals surface area contributed by atoms with Crippen LogP contribution in [0.5, 0.6) is 0 Å². The minimum atomic E-state index is -1.10. The first-order chi connectivity index (χ1) is 15.2. The summed E-state index contributed by atoms with van der Waals surface area (Å²) in [6.45, 7) is 4.74. The number of carboxylic acid groups (broad SMARTS) is 1. The number of carbonyl (C=O) groups is 3. The van der Waals surface area contributed by atoms with Gasteiger partial charge in [0.15, 0.2) is 0 Å². The molecule has 1 aromatic rings. The van der Waals surface area contributed by atoms with Gasteiger partial charge in [-0.15, -0.1) is 0 Å². The van der Waals surface area contributed by atoms with Crippen LogP contribution in [0.1, 0.15) is 67.4 Å². The summed E-state index contributed by atoms with van der Waals surface area (Å²) in [7, 11) is 0. The highest BCUT2D eigenvalue weighted by Gasteiger charge is 2.38. The molecule has 9 heteroatoms. The number of carbonyl (C=O) groups excluding carboxylic acids is 2. The Labute approximate surface area is 187 Å². The maximum absolute atomic E-state index is 15.4. The van der Waals surface area contributed by atoms with Gasteiger partial charge in [-0.1, -0.05) is 13.0 Å². The van der Waals surface area contributed by atoms with Crippen LogP contribution in [0.25, 0.3) is 0 Å². The van der Waals surface area contributed by atoms with Gasteiger partial charge in [0.1, 0.15) is 11.9 Å². The molecule has 3 rings (SSSR count). The number of hydrogen-bond acceptors (Lipinski definition) is 5. The second-order valence-electron chi connectivity index (χ2n) is 8.69. The molecular formula is C23H32FN3O5. The van der Waals surface area contributed by atoms with Crippen molar-refractivity contribution in [3.8, 4) is 0 Å². The molecule has 8 nitrogen and oxygen atoms in total. The topological polar surface area (TPSA) is 122 Å². The van der Waals surface area contributed by atoms with Crippen LogP contribution in [-0.4, -0.2) is 58.6 Å². The number of aliphatic carboxylic acids is 1. The third kappa shape index (κ3) is 5.27. The smallest absolute Gasteiger partial charge is 0.303 e. The molecule has 176 valence electrons. The van der Waals surface area contributed by atoms with Gasteiger partial charge in [-0.3, -0.25) is 14.4 Å². The molecule has 0 aromatic heterocycles. The maximum atomic E-state index is 15.4. The summed E-state index contributed by atoms with van der Waals surface area (Å²) in [5.74, 6) is -2.88. The van der Waals surface area contributed by atoms with Crippen molar-refractivity contribution < 1.29 is 28.6 Å². The third-order valence-electron chi connectivity index (χ3n) is 6.45. The Bertz CT molecular complexity index is 877. The minimum Gasteiger partial charge on any atom is -0.481 e. The van der Waals surface area contributed by atoms with E-state index in [9.17, 15) is 14.4 Å². The molecule has 0 radical (unpaired) electrons. The largest absolute Gasteiger partial charge is 0.481 e. The van der Waals surface area contributed by atoms with Crippen LogP contribution in [0.15, 0.2) is 12.1 Å². The summed E-state index contributed by atoms with van der Waals surface area (Å²) in [4.78, 5) is 36.8. The molecule has 0 aliphatic carbocycles. The van der Waals surface area contributed by atoms with E-state index in [1.807, 2.05) is 0 Å². The fourth-order valence-corrected chi connectivity index (χ4v) is 4.47. The summed E-state index contributed by atoms with van der Waals surface area (Å²) in [6.07, 6.45) is 2.66. The van der Waals surface area contributed by atoms with Crippen molar-refractivity contribution in [2.75, 3.05) is 6.61 Å². The molecule has 0 bridgehead atoms. The quantitative estimate of drug-likeness (QED) is 0.502. The number of rotatable bonds is 10. The van der Waals surface area contributed by atoms with Crippen LogP contribution >= 0.6 is 0 Å². The van der Waals surface area contributed by atoms with E-state index in [4.69, 9.17) is 15.6 Å². The fraction of sp³-hybridized carbons (Fsp3) is 0.609. The molecule has 4 atom stereocenters. The first kappa shape index (κ1) is 24.1. The van der Waals surface area contributed by atoms with E-state index >= 15 is 4.39 Å². The molecule has 0 spiro atoms. The molecule has 2 aliphatic rings. The Morgan fingerprint density at radius 3 is 2.81 bits per heavy atom. The molecule has 1 saturated heterocycles. The summed E-state index contributed by atoms with van der Waals surface area (Å²) < 4.78 is 21.4. The highest BCUT2D eigenvalue weighted by molar-refractivity contribution is 6.01. The normalized spacial score (nSPS) is 22.5. The van der Waals surface area contributed by atoms with E-state index in [-0.39, 0.29) is 42.7 Å². The van der Waals surface area contributed by atoms with E-state index in [1.54, 1.807) is 12.1 Å². The van der Waals surface area contributed by atoms with Crippen molar-refractivity contribution in [3.63, 3.8) is 0 Å². The lowest BCUT2D eigenvalue weighted by atomic mass is 9.93. The van der Waals surface area contributed by atoms with Crippen LogP contribution in [0, 0.1) is 5.82 Å². The SMILES string of the molecule is CCC(C)N[C@H]1CCCO[C@@H]1Cc1ccc2c(c1F)CN([C@@H](CCC(=O)O)C(N)=O)C2=O. The predicted molar refractivity (Wildman–Crippen MR) is 115 cm³/mol. The van der Waals surface area contributed by atoms with Gasteiger partial charge < -0.3 is 25.8 Å². The van der Waals surface area contributed by atoms with E-state index in [0.29, 0.717) is 24.6 Å². The second kappa shape index (κ2) is 10.4. The van der Waals surface area contributed by atoms with E-state index in [1.165, 1.54) is 4.90 Å². The lowest BCUT2D eigenvalue weighted by Gasteiger charge is -2.34. The lowest BCUT2D eigenvalue weighted by Crippen LogP contribution is -2.48. The molecule has 1 fully saturated rings. The van der Waals surface area contributed by atoms with Crippen LogP contribution in [0.4, 0.5) is 4.39 Å². The van der Waals surface area contributed by atoms with Gasteiger partial charge in [-0.25, -0.2) is 4.39 Å². The first-order valence-electron chi connectivity index (χ1n) is 11.2. The minimum absolute atomic E-state index is 0.110. The number of amides is 2. The zero-order chi connectivity index (χ0) is 23.4. The zero-order valence-corrected chi connectivity index (χ0v) is 18.6. The van der Waals surface area contributed by atoms with E-state index < -0.39 is 29.6 Å². The molecule has 1 aromatic carbocycles. The van der Waals surface area contributed by atoms with Crippen molar-refractivity contribution >= 4 is 17.8 Å². The highest BCUT2D eigenvalue weighted by atomic mass is 19.1. The number of fused-ring (bicyclic) bond motifs is 1. The Morgan fingerprint density at radius 1 is 1.41 bits per heavy atom. The predicted octanol–water partition coefficient (Wildman–Crippen LogP) is 1.98. The average molecular weight is 450 g/mol.